The smallest absolute Gasteiger partial charge is 0.165 e. The van der Waals surface area contributed by atoms with Crippen LogP contribution >= 0.6 is 0 Å². The molecule has 1 aromatic carbocycles. The summed E-state index contributed by atoms with van der Waals surface area (Å²) in [4.78, 5) is 2.56. The molecule has 116 valence electrons. The van der Waals surface area contributed by atoms with Crippen molar-refractivity contribution in [2.45, 2.75) is 45.3 Å². The van der Waals surface area contributed by atoms with Crippen LogP contribution in [0.4, 0.5) is 0 Å². The molecule has 4 nitrogen and oxygen atoms in total. The lowest BCUT2D eigenvalue weighted by Crippen LogP contribution is -2.44. The van der Waals surface area contributed by atoms with Crippen molar-refractivity contribution in [2.24, 2.45) is 0 Å². The van der Waals surface area contributed by atoms with E-state index in [1.54, 1.807) is 0 Å². The molecule has 3 rings (SSSR count). The van der Waals surface area contributed by atoms with Gasteiger partial charge >= 0.3 is 0 Å². The van der Waals surface area contributed by atoms with E-state index in [1.807, 2.05) is 12.1 Å². The summed E-state index contributed by atoms with van der Waals surface area (Å²) in [7, 11) is 0. The summed E-state index contributed by atoms with van der Waals surface area (Å²) in [6.45, 7) is 9.11. The second-order valence-corrected chi connectivity index (χ2v) is 6.23. The first-order chi connectivity index (χ1) is 10.2. The molecule has 0 radical (unpaired) electrons. The molecule has 1 aromatic rings. The van der Waals surface area contributed by atoms with Crippen molar-refractivity contribution in [1.82, 2.24) is 10.2 Å². The van der Waals surface area contributed by atoms with Crippen LogP contribution in [-0.4, -0.2) is 43.3 Å². The van der Waals surface area contributed by atoms with Crippen molar-refractivity contribution in [3.8, 4) is 11.5 Å². The zero-order chi connectivity index (χ0) is 14.7. The number of ether oxygens (including phenoxy) is 2. The van der Waals surface area contributed by atoms with Gasteiger partial charge in [-0.3, -0.25) is 0 Å². The van der Waals surface area contributed by atoms with Crippen LogP contribution in [0.3, 0.4) is 0 Å². The summed E-state index contributed by atoms with van der Waals surface area (Å²) >= 11 is 0. The van der Waals surface area contributed by atoms with Crippen LogP contribution in [0.5, 0.6) is 11.5 Å². The van der Waals surface area contributed by atoms with Crippen molar-refractivity contribution < 1.29 is 9.47 Å². The van der Waals surface area contributed by atoms with Crippen LogP contribution in [0.25, 0.3) is 0 Å². The van der Waals surface area contributed by atoms with E-state index in [2.05, 4.69) is 30.1 Å². The van der Waals surface area contributed by atoms with Gasteiger partial charge in [0, 0.05) is 24.2 Å². The first kappa shape index (κ1) is 14.7. The minimum absolute atomic E-state index is 0.611. The highest BCUT2D eigenvalue weighted by Crippen LogP contribution is 2.33. The molecular formula is C17H26N2O2. The number of nitrogens with zero attached hydrogens (tertiary/aromatic N) is 1. The van der Waals surface area contributed by atoms with Crippen molar-refractivity contribution in [1.29, 1.82) is 0 Å². The number of likely N-dealkylation sites (tertiary alicyclic amines) is 1. The lowest BCUT2D eigenvalue weighted by Gasteiger charge is -2.35. The summed E-state index contributed by atoms with van der Waals surface area (Å²) in [5.74, 6) is 1.81. The molecule has 1 N–H and O–H groups in total. The number of hydrogen-bond donors (Lipinski definition) is 1. The molecule has 21 heavy (non-hydrogen) atoms. The molecule has 0 aliphatic carbocycles. The maximum Gasteiger partial charge on any atom is 0.165 e. The lowest BCUT2D eigenvalue weighted by molar-refractivity contribution is 0.158. The fourth-order valence-electron chi connectivity index (χ4n) is 3.15. The van der Waals surface area contributed by atoms with Gasteiger partial charge in [0.15, 0.2) is 11.5 Å². The van der Waals surface area contributed by atoms with Gasteiger partial charge in [-0.1, -0.05) is 12.1 Å². The van der Waals surface area contributed by atoms with Gasteiger partial charge in [-0.2, -0.15) is 0 Å². The average molecular weight is 290 g/mol. The van der Waals surface area contributed by atoms with Gasteiger partial charge in [0.05, 0.1) is 0 Å². The fourth-order valence-corrected chi connectivity index (χ4v) is 3.15. The molecular weight excluding hydrogens is 264 g/mol. The molecule has 0 saturated carbocycles. The Hall–Kier alpha value is -1.26. The minimum atomic E-state index is 0.611. The topological polar surface area (TPSA) is 33.7 Å². The van der Waals surface area contributed by atoms with Crippen molar-refractivity contribution >= 4 is 0 Å². The first-order valence-electron chi connectivity index (χ1n) is 8.09. The monoisotopic (exact) mass is 290 g/mol. The molecule has 0 amide bonds. The Bertz CT molecular complexity index is 468. The molecule has 2 aliphatic heterocycles. The Balaban J connectivity index is 1.54. The van der Waals surface area contributed by atoms with Crippen molar-refractivity contribution in [2.75, 3.05) is 26.3 Å². The summed E-state index contributed by atoms with van der Waals surface area (Å²) in [5.41, 5.74) is 1.21. The molecule has 1 fully saturated rings. The Morgan fingerprint density at radius 1 is 1.19 bits per heavy atom. The largest absolute Gasteiger partial charge is 0.486 e. The summed E-state index contributed by atoms with van der Waals surface area (Å²) < 4.78 is 11.4. The Morgan fingerprint density at radius 2 is 1.95 bits per heavy atom. The van der Waals surface area contributed by atoms with E-state index in [4.69, 9.17) is 9.47 Å². The molecule has 0 aromatic heterocycles. The SMILES string of the molecule is CC(C)N1CCC(NCc2cccc3c2OCCO3)CC1. The van der Waals surface area contributed by atoms with Gasteiger partial charge in [-0.15, -0.1) is 0 Å². The third-order valence-corrected chi connectivity index (χ3v) is 4.49. The Labute approximate surface area is 127 Å². The van der Waals surface area contributed by atoms with Gasteiger partial charge in [0.2, 0.25) is 0 Å². The molecule has 2 aliphatic rings. The summed E-state index contributed by atoms with van der Waals surface area (Å²) in [6, 6.07) is 7.44. The van der Waals surface area contributed by atoms with Crippen LogP contribution in [0, 0.1) is 0 Å². The highest BCUT2D eigenvalue weighted by molar-refractivity contribution is 5.47. The third-order valence-electron chi connectivity index (χ3n) is 4.49. The normalized spacial score (nSPS) is 20.0. The fraction of sp³-hybridized carbons (Fsp3) is 0.647. The third kappa shape index (κ3) is 3.50. The predicted octanol–water partition coefficient (Wildman–Crippen LogP) is 2.42. The number of hydrogen-bond acceptors (Lipinski definition) is 4. The number of nitrogens with one attached hydrogen (secondary N) is 1. The average Bonchev–Trinajstić information content (AvgIpc) is 2.53. The molecule has 0 spiro atoms. The van der Waals surface area contributed by atoms with Gasteiger partial charge < -0.3 is 19.7 Å². The lowest BCUT2D eigenvalue weighted by atomic mass is 10.0. The van der Waals surface area contributed by atoms with Gasteiger partial charge in [0.25, 0.3) is 0 Å². The highest BCUT2D eigenvalue weighted by Gasteiger charge is 2.21. The number of fused-ring (bicyclic) bond motifs is 1. The molecule has 1 saturated heterocycles. The van der Waals surface area contributed by atoms with Crippen LogP contribution in [-0.2, 0) is 6.54 Å². The van der Waals surface area contributed by atoms with E-state index in [0.717, 1.165) is 18.0 Å². The molecule has 0 unspecified atom stereocenters. The van der Waals surface area contributed by atoms with Gasteiger partial charge in [0.1, 0.15) is 13.2 Å². The second kappa shape index (κ2) is 6.67. The van der Waals surface area contributed by atoms with Crippen LogP contribution in [0.15, 0.2) is 18.2 Å². The maximum atomic E-state index is 5.77. The zero-order valence-corrected chi connectivity index (χ0v) is 13.1. The van der Waals surface area contributed by atoms with Gasteiger partial charge in [-0.25, -0.2) is 0 Å². The molecule has 4 heteroatoms. The van der Waals surface area contributed by atoms with E-state index in [9.17, 15) is 0 Å². The van der Waals surface area contributed by atoms with E-state index >= 15 is 0 Å². The highest BCUT2D eigenvalue weighted by atomic mass is 16.6. The Morgan fingerprint density at radius 3 is 2.71 bits per heavy atom. The molecule has 0 bridgehead atoms. The van der Waals surface area contributed by atoms with Crippen LogP contribution < -0.4 is 14.8 Å². The maximum absolute atomic E-state index is 5.77. The summed E-state index contributed by atoms with van der Waals surface area (Å²) in [5, 5.41) is 3.69. The van der Waals surface area contributed by atoms with Gasteiger partial charge in [-0.05, 0) is 45.8 Å². The molecule has 0 atom stereocenters. The van der Waals surface area contributed by atoms with E-state index in [-0.39, 0.29) is 0 Å². The number of piperidine rings is 1. The van der Waals surface area contributed by atoms with Crippen LogP contribution in [0.1, 0.15) is 32.3 Å². The van der Waals surface area contributed by atoms with Crippen molar-refractivity contribution in [3.63, 3.8) is 0 Å². The number of para-hydroxylation sites is 1. The van der Waals surface area contributed by atoms with E-state index in [1.165, 1.54) is 31.5 Å². The number of rotatable bonds is 4. The zero-order valence-electron chi connectivity index (χ0n) is 13.1. The summed E-state index contributed by atoms with van der Waals surface area (Å²) in [6.07, 6.45) is 2.45. The molecule has 2 heterocycles. The standard InChI is InChI=1S/C17H26N2O2/c1-13(2)19-8-6-15(7-9-19)18-12-14-4-3-5-16-17(14)21-11-10-20-16/h3-5,13,15,18H,6-12H2,1-2H3. The van der Waals surface area contributed by atoms with E-state index in [0.29, 0.717) is 25.3 Å². The Kier molecular flexibility index (Phi) is 4.66. The minimum Gasteiger partial charge on any atom is -0.486 e. The van der Waals surface area contributed by atoms with Crippen molar-refractivity contribution in [3.05, 3.63) is 23.8 Å². The predicted molar refractivity (Wildman–Crippen MR) is 84.0 cm³/mol. The second-order valence-electron chi connectivity index (χ2n) is 6.23. The quantitative estimate of drug-likeness (QED) is 0.923. The first-order valence-corrected chi connectivity index (χ1v) is 8.09. The number of benzene rings is 1. The van der Waals surface area contributed by atoms with E-state index < -0.39 is 0 Å². The van der Waals surface area contributed by atoms with Crippen LogP contribution in [0.2, 0.25) is 0 Å².